The van der Waals surface area contributed by atoms with Crippen LogP contribution in [0.3, 0.4) is 0 Å². The molecule has 0 aliphatic carbocycles. The van der Waals surface area contributed by atoms with Crippen LogP contribution in [0.2, 0.25) is 0 Å². The molecule has 0 fully saturated rings. The fourth-order valence-corrected chi connectivity index (χ4v) is 5.88. The van der Waals surface area contributed by atoms with Gasteiger partial charge < -0.3 is 4.74 Å². The summed E-state index contributed by atoms with van der Waals surface area (Å²) in [6.45, 7) is 0. The van der Waals surface area contributed by atoms with Crippen LogP contribution in [0.5, 0.6) is 5.75 Å². The number of aromatic nitrogens is 4. The summed E-state index contributed by atoms with van der Waals surface area (Å²) in [5.41, 5.74) is 11.2. The average Bonchev–Trinajstić information content (AvgIpc) is 3.22. The maximum absolute atomic E-state index is 13.2. The first-order valence-corrected chi connectivity index (χ1v) is 16.6. The number of carbonyl (C=O) groups excluding carboxylic acids is 1. The van der Waals surface area contributed by atoms with Crippen molar-refractivity contribution in [3.05, 3.63) is 188 Å². The van der Waals surface area contributed by atoms with Gasteiger partial charge in [-0.2, -0.15) is 0 Å². The number of hydrogen-bond acceptors (Lipinski definition) is 6. The number of pyridine rings is 4. The second-order valence-electron chi connectivity index (χ2n) is 11.9. The van der Waals surface area contributed by atoms with Gasteiger partial charge in [0.25, 0.3) is 0 Å². The second kappa shape index (κ2) is 14.2. The fourth-order valence-electron chi connectivity index (χ4n) is 5.88. The van der Waals surface area contributed by atoms with E-state index in [0.717, 1.165) is 67.5 Å². The monoisotopic (exact) mass is 658 g/mol. The number of esters is 1. The molecule has 51 heavy (non-hydrogen) atoms. The Bertz CT molecular complexity index is 2300. The zero-order valence-electron chi connectivity index (χ0n) is 27.4. The van der Waals surface area contributed by atoms with E-state index in [2.05, 4.69) is 22.1 Å². The SMILES string of the molecule is O=C(Oc1ccc(-c2cc(-c3ccccc3)nc(-c3ccccn3)c2)cc1)c1ccc(-c2cc(-c3ccccc3)nc(-c3ccccn3)c2)cc1. The summed E-state index contributed by atoms with van der Waals surface area (Å²) >= 11 is 0. The summed E-state index contributed by atoms with van der Waals surface area (Å²) in [5, 5.41) is 0. The summed E-state index contributed by atoms with van der Waals surface area (Å²) in [7, 11) is 0. The van der Waals surface area contributed by atoms with Gasteiger partial charge in [-0.1, -0.05) is 97.1 Å². The Morgan fingerprint density at radius 2 is 0.804 bits per heavy atom. The van der Waals surface area contributed by atoms with E-state index in [0.29, 0.717) is 11.3 Å². The van der Waals surface area contributed by atoms with Crippen LogP contribution < -0.4 is 4.74 Å². The van der Waals surface area contributed by atoms with Gasteiger partial charge in [0.15, 0.2) is 0 Å². The molecule has 0 aliphatic heterocycles. The van der Waals surface area contributed by atoms with E-state index in [4.69, 9.17) is 14.7 Å². The molecular formula is C45H30N4O2. The van der Waals surface area contributed by atoms with Crippen LogP contribution in [0.1, 0.15) is 10.4 Å². The first kappa shape index (κ1) is 31.2. The number of carbonyl (C=O) groups is 1. The molecule has 4 aromatic heterocycles. The van der Waals surface area contributed by atoms with E-state index in [1.165, 1.54) is 0 Å². The summed E-state index contributed by atoms with van der Waals surface area (Å²) in [4.78, 5) is 32.1. The van der Waals surface area contributed by atoms with Gasteiger partial charge >= 0.3 is 5.97 Å². The summed E-state index contributed by atoms with van der Waals surface area (Å²) < 4.78 is 5.80. The van der Waals surface area contributed by atoms with Crippen molar-refractivity contribution < 1.29 is 9.53 Å². The van der Waals surface area contributed by atoms with Crippen molar-refractivity contribution in [3.8, 4) is 73.3 Å². The quantitative estimate of drug-likeness (QED) is 0.119. The third kappa shape index (κ3) is 7.07. The average molecular weight is 659 g/mol. The highest BCUT2D eigenvalue weighted by molar-refractivity contribution is 5.92. The largest absolute Gasteiger partial charge is 0.423 e. The van der Waals surface area contributed by atoms with Crippen molar-refractivity contribution in [2.75, 3.05) is 0 Å². The molecule has 0 saturated heterocycles. The van der Waals surface area contributed by atoms with Crippen molar-refractivity contribution in [1.82, 2.24) is 19.9 Å². The lowest BCUT2D eigenvalue weighted by molar-refractivity contribution is 0.0735. The standard InChI is InChI=1S/C45H30N4O2/c50-45(35-19-17-31(18-20-35)36-27-41(33-11-3-1-4-12-33)48-43(29-36)39-15-7-9-25-46-39)51-38-23-21-32(22-24-38)37-28-42(34-13-5-2-6-14-34)49-44(30-37)40-16-8-10-26-47-40/h1-30H. The zero-order valence-corrected chi connectivity index (χ0v) is 27.4. The Kier molecular flexibility index (Phi) is 8.70. The van der Waals surface area contributed by atoms with Gasteiger partial charge in [-0.25, -0.2) is 14.8 Å². The third-order valence-electron chi connectivity index (χ3n) is 8.50. The molecule has 0 atom stereocenters. The first-order chi connectivity index (χ1) is 25.2. The van der Waals surface area contributed by atoms with E-state index in [1.54, 1.807) is 24.5 Å². The molecule has 6 nitrogen and oxygen atoms in total. The summed E-state index contributed by atoms with van der Waals surface area (Å²) in [6.07, 6.45) is 3.53. The first-order valence-electron chi connectivity index (χ1n) is 16.6. The van der Waals surface area contributed by atoms with Crippen molar-refractivity contribution in [3.63, 3.8) is 0 Å². The van der Waals surface area contributed by atoms with Crippen molar-refractivity contribution in [2.24, 2.45) is 0 Å². The molecule has 0 unspecified atom stereocenters. The Morgan fingerprint density at radius 1 is 0.373 bits per heavy atom. The number of hydrogen-bond donors (Lipinski definition) is 0. The van der Waals surface area contributed by atoms with Gasteiger partial charge in [-0.05, 0) is 95.1 Å². The molecule has 0 spiro atoms. The maximum Gasteiger partial charge on any atom is 0.343 e. The number of ether oxygens (including phenoxy) is 1. The minimum Gasteiger partial charge on any atom is -0.423 e. The molecule has 8 aromatic rings. The molecule has 0 radical (unpaired) electrons. The fraction of sp³-hybridized carbons (Fsp3) is 0. The molecule has 0 amide bonds. The van der Waals surface area contributed by atoms with Crippen LogP contribution in [0.25, 0.3) is 67.5 Å². The molecule has 0 N–H and O–H groups in total. The van der Waals surface area contributed by atoms with Crippen LogP contribution in [-0.4, -0.2) is 25.9 Å². The van der Waals surface area contributed by atoms with Gasteiger partial charge in [-0.15, -0.1) is 0 Å². The summed E-state index contributed by atoms with van der Waals surface area (Å²) in [6, 6.07) is 54.9. The van der Waals surface area contributed by atoms with E-state index in [9.17, 15) is 4.79 Å². The number of nitrogens with zero attached hydrogens (tertiary/aromatic N) is 4. The second-order valence-corrected chi connectivity index (χ2v) is 11.9. The third-order valence-corrected chi connectivity index (χ3v) is 8.50. The van der Waals surface area contributed by atoms with Crippen LogP contribution in [0, 0.1) is 0 Å². The highest BCUT2D eigenvalue weighted by atomic mass is 16.5. The van der Waals surface area contributed by atoms with Crippen molar-refractivity contribution in [2.45, 2.75) is 0 Å². The number of benzene rings is 4. The predicted molar refractivity (Wildman–Crippen MR) is 202 cm³/mol. The predicted octanol–water partition coefficient (Wildman–Crippen LogP) is 10.5. The van der Waals surface area contributed by atoms with Crippen molar-refractivity contribution in [1.29, 1.82) is 0 Å². The Balaban J connectivity index is 1.03. The van der Waals surface area contributed by atoms with Gasteiger partial charge in [0, 0.05) is 23.5 Å². The lowest BCUT2D eigenvalue weighted by Gasteiger charge is -2.11. The Labute approximate surface area is 295 Å². The van der Waals surface area contributed by atoms with Crippen molar-refractivity contribution >= 4 is 5.97 Å². The topological polar surface area (TPSA) is 77.9 Å². The number of rotatable bonds is 8. The molecular weight excluding hydrogens is 629 g/mol. The normalized spacial score (nSPS) is 10.8. The smallest absolute Gasteiger partial charge is 0.343 e. The molecule has 242 valence electrons. The molecule has 0 aliphatic rings. The van der Waals surface area contributed by atoms with Gasteiger partial charge in [0.2, 0.25) is 0 Å². The van der Waals surface area contributed by atoms with Crippen LogP contribution in [0.4, 0.5) is 0 Å². The highest BCUT2D eigenvalue weighted by Gasteiger charge is 2.14. The lowest BCUT2D eigenvalue weighted by Crippen LogP contribution is -2.08. The Hall–Kier alpha value is -7.05. The van der Waals surface area contributed by atoms with Crippen LogP contribution in [0.15, 0.2) is 182 Å². The van der Waals surface area contributed by atoms with Crippen LogP contribution in [-0.2, 0) is 0 Å². The van der Waals surface area contributed by atoms with Gasteiger partial charge in [0.1, 0.15) is 5.75 Å². The van der Waals surface area contributed by atoms with E-state index in [1.807, 2.05) is 146 Å². The molecule has 4 heterocycles. The van der Waals surface area contributed by atoms with E-state index >= 15 is 0 Å². The van der Waals surface area contributed by atoms with E-state index in [-0.39, 0.29) is 0 Å². The molecule has 0 bridgehead atoms. The molecule has 6 heteroatoms. The Morgan fingerprint density at radius 3 is 1.25 bits per heavy atom. The minimum atomic E-state index is -0.434. The van der Waals surface area contributed by atoms with Crippen LogP contribution >= 0.6 is 0 Å². The van der Waals surface area contributed by atoms with E-state index < -0.39 is 5.97 Å². The van der Waals surface area contributed by atoms with Gasteiger partial charge in [0.05, 0.1) is 39.7 Å². The van der Waals surface area contributed by atoms with Gasteiger partial charge in [-0.3, -0.25) is 9.97 Å². The molecule has 8 rings (SSSR count). The lowest BCUT2D eigenvalue weighted by atomic mass is 10.00. The summed E-state index contributed by atoms with van der Waals surface area (Å²) in [5.74, 6) is 0.0210. The molecule has 4 aromatic carbocycles. The zero-order chi connectivity index (χ0) is 34.4. The highest BCUT2D eigenvalue weighted by Crippen LogP contribution is 2.32. The minimum absolute atomic E-state index is 0.434. The molecule has 0 saturated carbocycles. The maximum atomic E-state index is 13.2.